The first-order chi connectivity index (χ1) is 12.6. The molecule has 0 aliphatic carbocycles. The fourth-order valence-corrected chi connectivity index (χ4v) is 2.58. The zero-order valence-corrected chi connectivity index (χ0v) is 18.3. The molecule has 0 unspecified atom stereocenters. The summed E-state index contributed by atoms with van der Waals surface area (Å²) in [5.41, 5.74) is 0.491. The standard InChI is InChI=1S/C20H38O2.C4H8/c1-4-5-6-7-8-9-10-11-12-13-14-15-16-17-18-22-20(21)19(2)3;1-3-4-2/h2,4-18H2,1,3H3;3-4H,1-2H3. The van der Waals surface area contributed by atoms with Gasteiger partial charge in [-0.15, -0.1) is 0 Å². The van der Waals surface area contributed by atoms with Crippen molar-refractivity contribution in [3.63, 3.8) is 0 Å². The third kappa shape index (κ3) is 25.2. The molecule has 2 heteroatoms. The van der Waals surface area contributed by atoms with Gasteiger partial charge in [-0.1, -0.05) is 109 Å². The fourth-order valence-electron chi connectivity index (χ4n) is 2.58. The molecule has 0 aliphatic heterocycles. The van der Waals surface area contributed by atoms with Crippen molar-refractivity contribution in [2.45, 2.75) is 118 Å². The van der Waals surface area contributed by atoms with Crippen molar-refractivity contribution in [2.75, 3.05) is 6.61 Å². The maximum absolute atomic E-state index is 11.2. The number of ether oxygens (including phenoxy) is 1. The summed E-state index contributed by atoms with van der Waals surface area (Å²) in [6.45, 7) is 12.1. The molecule has 0 rings (SSSR count). The summed E-state index contributed by atoms with van der Waals surface area (Å²) >= 11 is 0. The van der Waals surface area contributed by atoms with E-state index in [1.165, 1.54) is 83.5 Å². The van der Waals surface area contributed by atoms with Gasteiger partial charge in [0.05, 0.1) is 6.61 Å². The molecule has 0 saturated carbocycles. The van der Waals surface area contributed by atoms with Crippen LogP contribution in [0.5, 0.6) is 0 Å². The molecular weight excluding hydrogens is 320 g/mol. The Bertz CT molecular complexity index is 327. The van der Waals surface area contributed by atoms with Crippen LogP contribution in [0.25, 0.3) is 0 Å². The van der Waals surface area contributed by atoms with E-state index in [4.69, 9.17) is 4.74 Å². The van der Waals surface area contributed by atoms with Crippen LogP contribution < -0.4 is 0 Å². The Morgan fingerprint density at radius 1 is 0.731 bits per heavy atom. The zero-order valence-electron chi connectivity index (χ0n) is 18.3. The number of hydrogen-bond donors (Lipinski definition) is 0. The number of allylic oxidation sites excluding steroid dienone is 2. The van der Waals surface area contributed by atoms with E-state index in [0.717, 1.165) is 6.42 Å². The van der Waals surface area contributed by atoms with Crippen LogP contribution in [-0.4, -0.2) is 12.6 Å². The summed E-state index contributed by atoms with van der Waals surface area (Å²) in [6, 6.07) is 0. The first-order valence-electron chi connectivity index (χ1n) is 11.0. The molecule has 26 heavy (non-hydrogen) atoms. The molecule has 0 N–H and O–H groups in total. The van der Waals surface area contributed by atoms with E-state index in [-0.39, 0.29) is 5.97 Å². The molecule has 0 aromatic carbocycles. The number of rotatable bonds is 16. The summed E-state index contributed by atoms with van der Waals surface area (Å²) in [5, 5.41) is 0. The Balaban J connectivity index is 0. The lowest BCUT2D eigenvalue weighted by molar-refractivity contribution is -0.139. The largest absolute Gasteiger partial charge is 0.462 e. The normalized spacial score (nSPS) is 10.5. The zero-order chi connectivity index (χ0) is 19.9. The van der Waals surface area contributed by atoms with Crippen LogP contribution in [0, 0.1) is 0 Å². The molecule has 0 atom stereocenters. The van der Waals surface area contributed by atoms with E-state index >= 15 is 0 Å². The number of carbonyl (C=O) groups excluding carboxylic acids is 1. The van der Waals surface area contributed by atoms with Crippen LogP contribution in [0.1, 0.15) is 118 Å². The van der Waals surface area contributed by atoms with Gasteiger partial charge in [0.1, 0.15) is 0 Å². The van der Waals surface area contributed by atoms with Crippen molar-refractivity contribution in [1.29, 1.82) is 0 Å². The Labute approximate surface area is 164 Å². The first-order valence-corrected chi connectivity index (χ1v) is 11.0. The molecule has 0 aromatic rings. The molecule has 0 fully saturated rings. The molecular formula is C24H46O2. The highest BCUT2D eigenvalue weighted by Crippen LogP contribution is 2.13. The lowest BCUT2D eigenvalue weighted by atomic mass is 10.0. The molecule has 154 valence electrons. The number of hydrogen-bond acceptors (Lipinski definition) is 2. The Kier molecular flexibility index (Phi) is 25.0. The quantitative estimate of drug-likeness (QED) is 0.119. The Hall–Kier alpha value is -1.05. The predicted molar refractivity (Wildman–Crippen MR) is 117 cm³/mol. The third-order valence-electron chi connectivity index (χ3n) is 4.41. The average molecular weight is 367 g/mol. The van der Waals surface area contributed by atoms with Crippen molar-refractivity contribution in [2.24, 2.45) is 0 Å². The third-order valence-corrected chi connectivity index (χ3v) is 4.41. The van der Waals surface area contributed by atoms with Gasteiger partial charge in [-0.3, -0.25) is 0 Å². The lowest BCUT2D eigenvalue weighted by Gasteiger charge is -2.04. The van der Waals surface area contributed by atoms with Gasteiger partial charge in [0, 0.05) is 5.57 Å². The van der Waals surface area contributed by atoms with E-state index < -0.39 is 0 Å². The molecule has 0 amide bonds. The minimum absolute atomic E-state index is 0.255. The summed E-state index contributed by atoms with van der Waals surface area (Å²) < 4.78 is 5.07. The fraction of sp³-hybridized carbons (Fsp3) is 0.792. The van der Waals surface area contributed by atoms with Crippen molar-refractivity contribution in [3.8, 4) is 0 Å². The SMILES string of the molecule is C=C(C)C(=O)OCCCCCCCCCCCCCCCC.CC=CC. The van der Waals surface area contributed by atoms with E-state index in [2.05, 4.69) is 13.5 Å². The maximum atomic E-state index is 11.2. The van der Waals surface area contributed by atoms with Crippen molar-refractivity contribution < 1.29 is 9.53 Å². The molecule has 0 saturated heterocycles. The summed E-state index contributed by atoms with van der Waals surface area (Å²) in [5.74, 6) is -0.255. The first kappa shape index (κ1) is 27.2. The highest BCUT2D eigenvalue weighted by atomic mass is 16.5. The van der Waals surface area contributed by atoms with Gasteiger partial charge >= 0.3 is 5.97 Å². The monoisotopic (exact) mass is 366 g/mol. The Morgan fingerprint density at radius 3 is 1.38 bits per heavy atom. The molecule has 0 spiro atoms. The van der Waals surface area contributed by atoms with Gasteiger partial charge in [0.15, 0.2) is 0 Å². The highest BCUT2D eigenvalue weighted by molar-refractivity contribution is 5.86. The summed E-state index contributed by atoms with van der Waals surface area (Å²) in [7, 11) is 0. The van der Waals surface area contributed by atoms with Crippen molar-refractivity contribution in [1.82, 2.24) is 0 Å². The predicted octanol–water partition coefficient (Wildman–Crippen LogP) is 8.17. The molecule has 0 radical (unpaired) electrons. The molecule has 0 heterocycles. The van der Waals surface area contributed by atoms with Crippen LogP contribution in [0.15, 0.2) is 24.3 Å². The summed E-state index contributed by atoms with van der Waals surface area (Å²) in [6.07, 6.45) is 22.8. The highest BCUT2D eigenvalue weighted by Gasteiger charge is 2.01. The van der Waals surface area contributed by atoms with Gasteiger partial charge in [0.25, 0.3) is 0 Å². The lowest BCUT2D eigenvalue weighted by Crippen LogP contribution is -2.05. The maximum Gasteiger partial charge on any atom is 0.333 e. The van der Waals surface area contributed by atoms with Crippen molar-refractivity contribution in [3.05, 3.63) is 24.3 Å². The van der Waals surface area contributed by atoms with Gasteiger partial charge in [-0.25, -0.2) is 4.79 Å². The van der Waals surface area contributed by atoms with Crippen LogP contribution in [0.4, 0.5) is 0 Å². The van der Waals surface area contributed by atoms with E-state index in [0.29, 0.717) is 12.2 Å². The molecule has 0 aromatic heterocycles. The van der Waals surface area contributed by atoms with Gasteiger partial charge in [-0.05, 0) is 27.2 Å². The number of unbranched alkanes of at least 4 members (excludes halogenated alkanes) is 13. The molecule has 0 bridgehead atoms. The van der Waals surface area contributed by atoms with E-state index in [1.807, 2.05) is 26.0 Å². The minimum atomic E-state index is -0.255. The topological polar surface area (TPSA) is 26.3 Å². The smallest absolute Gasteiger partial charge is 0.333 e. The second-order valence-electron chi connectivity index (χ2n) is 7.18. The minimum Gasteiger partial charge on any atom is -0.462 e. The van der Waals surface area contributed by atoms with Crippen LogP contribution in [0.2, 0.25) is 0 Å². The van der Waals surface area contributed by atoms with E-state index in [1.54, 1.807) is 6.92 Å². The van der Waals surface area contributed by atoms with Crippen LogP contribution in [-0.2, 0) is 9.53 Å². The second kappa shape index (κ2) is 23.9. The molecule has 2 nitrogen and oxygen atoms in total. The van der Waals surface area contributed by atoms with Crippen LogP contribution >= 0.6 is 0 Å². The van der Waals surface area contributed by atoms with Crippen LogP contribution in [0.3, 0.4) is 0 Å². The number of esters is 1. The van der Waals surface area contributed by atoms with Gasteiger partial charge in [0.2, 0.25) is 0 Å². The summed E-state index contributed by atoms with van der Waals surface area (Å²) in [4.78, 5) is 11.2. The molecule has 0 aliphatic rings. The number of carbonyl (C=O) groups is 1. The van der Waals surface area contributed by atoms with Gasteiger partial charge in [-0.2, -0.15) is 0 Å². The average Bonchev–Trinajstić information content (AvgIpc) is 2.64. The Morgan fingerprint density at radius 2 is 1.08 bits per heavy atom. The van der Waals surface area contributed by atoms with Gasteiger partial charge < -0.3 is 4.74 Å². The van der Waals surface area contributed by atoms with Crippen molar-refractivity contribution >= 4 is 5.97 Å². The second-order valence-corrected chi connectivity index (χ2v) is 7.18. The van der Waals surface area contributed by atoms with E-state index in [9.17, 15) is 4.79 Å².